The molecule has 2 saturated heterocycles. The zero-order valence-electron chi connectivity index (χ0n) is 14.9. The summed E-state index contributed by atoms with van der Waals surface area (Å²) in [6.07, 6.45) is 6.09. The smallest absolute Gasteiger partial charge is 0.225 e. The largest absolute Gasteiger partial charge is 0.355 e. The van der Waals surface area contributed by atoms with Crippen molar-refractivity contribution in [3.63, 3.8) is 0 Å². The summed E-state index contributed by atoms with van der Waals surface area (Å²) in [5.74, 6) is 2.12. The summed E-state index contributed by atoms with van der Waals surface area (Å²) in [6.45, 7) is 5.90. The van der Waals surface area contributed by atoms with Crippen molar-refractivity contribution in [3.8, 4) is 0 Å². The van der Waals surface area contributed by atoms with E-state index in [1.807, 2.05) is 30.5 Å². The number of carbonyl (C=O) groups excluding carboxylic acids is 1. The van der Waals surface area contributed by atoms with Crippen LogP contribution in [0.2, 0.25) is 0 Å². The molecule has 0 spiro atoms. The molecule has 5 heteroatoms. The first-order valence-corrected chi connectivity index (χ1v) is 9.46. The van der Waals surface area contributed by atoms with E-state index in [2.05, 4.69) is 21.7 Å². The molecule has 1 aromatic heterocycles. The van der Waals surface area contributed by atoms with Crippen molar-refractivity contribution in [2.75, 3.05) is 31.1 Å². The normalized spacial score (nSPS) is 22.4. The van der Waals surface area contributed by atoms with E-state index in [0.717, 1.165) is 62.3 Å². The molecule has 0 aliphatic carbocycles. The van der Waals surface area contributed by atoms with Gasteiger partial charge in [-0.3, -0.25) is 9.78 Å². The highest BCUT2D eigenvalue weighted by Crippen LogP contribution is 2.26. The van der Waals surface area contributed by atoms with E-state index in [1.165, 1.54) is 6.42 Å². The van der Waals surface area contributed by atoms with Gasteiger partial charge < -0.3 is 9.80 Å². The Morgan fingerprint density at radius 3 is 2.60 bits per heavy atom. The molecule has 4 rings (SSSR count). The highest BCUT2D eigenvalue weighted by atomic mass is 16.2. The molecule has 2 aliphatic rings. The molecule has 2 aliphatic heterocycles. The number of amides is 1. The molecule has 0 radical (unpaired) electrons. The number of fused-ring (bicyclic) bond motifs is 1. The highest BCUT2D eigenvalue weighted by molar-refractivity contribution is 5.79. The van der Waals surface area contributed by atoms with Gasteiger partial charge in [-0.05, 0) is 43.7 Å². The Balaban J connectivity index is 1.39. The first-order valence-electron chi connectivity index (χ1n) is 9.46. The summed E-state index contributed by atoms with van der Waals surface area (Å²) >= 11 is 0. The molecule has 5 nitrogen and oxygen atoms in total. The quantitative estimate of drug-likeness (QED) is 0.844. The van der Waals surface area contributed by atoms with Gasteiger partial charge in [0.25, 0.3) is 0 Å². The van der Waals surface area contributed by atoms with Crippen LogP contribution in [0.25, 0.3) is 11.0 Å². The number of likely N-dealkylation sites (tertiary alicyclic amines) is 1. The zero-order chi connectivity index (χ0) is 17.2. The van der Waals surface area contributed by atoms with E-state index >= 15 is 0 Å². The number of rotatable bonds is 2. The van der Waals surface area contributed by atoms with Gasteiger partial charge in [0.1, 0.15) is 5.82 Å². The number of hydrogen-bond donors (Lipinski definition) is 0. The van der Waals surface area contributed by atoms with Crippen LogP contribution >= 0.6 is 0 Å². The lowest BCUT2D eigenvalue weighted by molar-refractivity contribution is -0.137. The Labute approximate surface area is 149 Å². The summed E-state index contributed by atoms with van der Waals surface area (Å²) in [5, 5.41) is 0. The number of para-hydroxylation sites is 2. The zero-order valence-corrected chi connectivity index (χ0v) is 14.9. The van der Waals surface area contributed by atoms with E-state index in [1.54, 1.807) is 0 Å². The van der Waals surface area contributed by atoms with Crippen LogP contribution in [0.1, 0.15) is 32.6 Å². The molecule has 1 atom stereocenters. The van der Waals surface area contributed by atoms with Crippen molar-refractivity contribution in [2.45, 2.75) is 32.6 Å². The second kappa shape index (κ2) is 6.98. The topological polar surface area (TPSA) is 49.3 Å². The fourth-order valence-corrected chi connectivity index (χ4v) is 4.10. The van der Waals surface area contributed by atoms with E-state index in [9.17, 15) is 4.79 Å². The number of hydrogen-bond acceptors (Lipinski definition) is 4. The van der Waals surface area contributed by atoms with Crippen LogP contribution in [0, 0.1) is 11.8 Å². The van der Waals surface area contributed by atoms with Crippen LogP contribution in [0.3, 0.4) is 0 Å². The van der Waals surface area contributed by atoms with E-state index < -0.39 is 0 Å². The summed E-state index contributed by atoms with van der Waals surface area (Å²) in [6, 6.07) is 7.96. The van der Waals surface area contributed by atoms with E-state index in [0.29, 0.717) is 11.8 Å². The number of nitrogens with zero attached hydrogens (tertiary/aromatic N) is 4. The van der Waals surface area contributed by atoms with Crippen LogP contribution in [0.5, 0.6) is 0 Å². The van der Waals surface area contributed by atoms with E-state index in [-0.39, 0.29) is 5.92 Å². The molecule has 0 saturated carbocycles. The van der Waals surface area contributed by atoms with Crippen LogP contribution in [-0.2, 0) is 4.79 Å². The fraction of sp³-hybridized carbons (Fsp3) is 0.550. The van der Waals surface area contributed by atoms with Gasteiger partial charge in [0.2, 0.25) is 5.91 Å². The van der Waals surface area contributed by atoms with Crippen molar-refractivity contribution in [1.29, 1.82) is 0 Å². The van der Waals surface area contributed by atoms with Gasteiger partial charge in [-0.1, -0.05) is 19.1 Å². The molecule has 1 aromatic carbocycles. The third-order valence-corrected chi connectivity index (χ3v) is 5.57. The maximum absolute atomic E-state index is 12.8. The average Bonchev–Trinajstić information content (AvgIpc) is 2.67. The van der Waals surface area contributed by atoms with Crippen LogP contribution in [0.4, 0.5) is 5.82 Å². The number of anilines is 1. The molecular formula is C20H26N4O. The summed E-state index contributed by atoms with van der Waals surface area (Å²) in [7, 11) is 0. The Kier molecular flexibility index (Phi) is 4.55. The molecule has 2 fully saturated rings. The molecule has 0 N–H and O–H groups in total. The SMILES string of the molecule is C[C@@H]1CCCN(C(=O)C2CCN(c3cnc4ccccc4n3)CC2)C1. The molecule has 0 bridgehead atoms. The first kappa shape index (κ1) is 16.3. The molecule has 3 heterocycles. The van der Waals surface area contributed by atoms with Crippen molar-refractivity contribution < 1.29 is 4.79 Å². The molecule has 2 aromatic rings. The van der Waals surface area contributed by atoms with Gasteiger partial charge in [0.05, 0.1) is 17.2 Å². The second-order valence-electron chi connectivity index (χ2n) is 7.51. The highest BCUT2D eigenvalue weighted by Gasteiger charge is 2.30. The Morgan fingerprint density at radius 2 is 1.84 bits per heavy atom. The lowest BCUT2D eigenvalue weighted by Crippen LogP contribution is -2.46. The van der Waals surface area contributed by atoms with Gasteiger partial charge in [-0.25, -0.2) is 4.98 Å². The van der Waals surface area contributed by atoms with Crippen LogP contribution < -0.4 is 4.90 Å². The first-order chi connectivity index (χ1) is 12.2. The maximum atomic E-state index is 12.8. The molecule has 25 heavy (non-hydrogen) atoms. The summed E-state index contributed by atoms with van der Waals surface area (Å²) < 4.78 is 0. The van der Waals surface area contributed by atoms with Crippen molar-refractivity contribution in [1.82, 2.24) is 14.9 Å². The predicted octanol–water partition coefficient (Wildman–Crippen LogP) is 3.10. The number of carbonyl (C=O) groups is 1. The monoisotopic (exact) mass is 338 g/mol. The lowest BCUT2D eigenvalue weighted by atomic mass is 9.93. The summed E-state index contributed by atoms with van der Waals surface area (Å²) in [4.78, 5) is 26.4. The Hall–Kier alpha value is -2.17. The third kappa shape index (κ3) is 3.46. The minimum atomic E-state index is 0.176. The minimum absolute atomic E-state index is 0.176. The molecular weight excluding hydrogens is 312 g/mol. The van der Waals surface area contributed by atoms with Crippen molar-refractivity contribution >= 4 is 22.8 Å². The third-order valence-electron chi connectivity index (χ3n) is 5.57. The Bertz CT molecular complexity index is 754. The van der Waals surface area contributed by atoms with Gasteiger partial charge in [0, 0.05) is 32.1 Å². The van der Waals surface area contributed by atoms with Crippen LogP contribution in [-0.4, -0.2) is 47.0 Å². The lowest BCUT2D eigenvalue weighted by Gasteiger charge is -2.37. The fourth-order valence-electron chi connectivity index (χ4n) is 4.10. The molecule has 0 unspecified atom stereocenters. The van der Waals surface area contributed by atoms with Gasteiger partial charge in [-0.2, -0.15) is 0 Å². The number of benzene rings is 1. The van der Waals surface area contributed by atoms with Gasteiger partial charge >= 0.3 is 0 Å². The number of aromatic nitrogens is 2. The minimum Gasteiger partial charge on any atom is -0.355 e. The standard InChI is InChI=1S/C20H26N4O/c1-15-5-4-10-24(14-15)20(25)16-8-11-23(12-9-16)19-13-21-17-6-2-3-7-18(17)22-19/h2-3,6-7,13,15-16H,4-5,8-12,14H2,1H3/t15-/m1/s1. The van der Waals surface area contributed by atoms with Gasteiger partial charge in [-0.15, -0.1) is 0 Å². The maximum Gasteiger partial charge on any atom is 0.225 e. The van der Waals surface area contributed by atoms with E-state index in [4.69, 9.17) is 4.98 Å². The molecule has 1 amide bonds. The molecule has 132 valence electrons. The van der Waals surface area contributed by atoms with Crippen molar-refractivity contribution in [3.05, 3.63) is 30.5 Å². The summed E-state index contributed by atoms with van der Waals surface area (Å²) in [5.41, 5.74) is 1.86. The predicted molar refractivity (Wildman–Crippen MR) is 99.5 cm³/mol. The van der Waals surface area contributed by atoms with Gasteiger partial charge in [0.15, 0.2) is 0 Å². The number of piperidine rings is 2. The average molecular weight is 338 g/mol. The second-order valence-corrected chi connectivity index (χ2v) is 7.51. The Morgan fingerprint density at radius 1 is 1.08 bits per heavy atom. The van der Waals surface area contributed by atoms with Crippen LogP contribution in [0.15, 0.2) is 30.5 Å². The van der Waals surface area contributed by atoms with Crippen molar-refractivity contribution in [2.24, 2.45) is 11.8 Å².